The van der Waals surface area contributed by atoms with E-state index in [9.17, 15) is 4.79 Å². The highest BCUT2D eigenvalue weighted by molar-refractivity contribution is 7.10. The van der Waals surface area contributed by atoms with E-state index < -0.39 is 0 Å². The number of fused-ring (bicyclic) bond motifs is 1. The molecule has 1 aliphatic rings. The van der Waals surface area contributed by atoms with E-state index in [0.29, 0.717) is 5.58 Å². The lowest BCUT2D eigenvalue weighted by atomic mass is 10.1. The lowest BCUT2D eigenvalue weighted by Crippen LogP contribution is -2.08. The molecule has 2 aromatic heterocycles. The Labute approximate surface area is 124 Å². The standard InChI is InChI=1S/C15H14N2O3S/c1-17-11-5-4-9(7-13(11)20-15(17)18)10-8-21-14(16-10)12-3-2-6-19-12/h4-5,7-8,12H,2-3,6H2,1H3. The van der Waals surface area contributed by atoms with Gasteiger partial charge < -0.3 is 9.15 Å². The number of hydrogen-bond donors (Lipinski definition) is 0. The van der Waals surface area contributed by atoms with Crippen LogP contribution >= 0.6 is 11.3 Å². The first-order valence-electron chi connectivity index (χ1n) is 6.89. The van der Waals surface area contributed by atoms with Gasteiger partial charge in [-0.05, 0) is 25.0 Å². The molecule has 0 spiro atoms. The normalized spacial score (nSPS) is 18.6. The number of aromatic nitrogens is 2. The minimum atomic E-state index is -0.347. The van der Waals surface area contributed by atoms with Gasteiger partial charge in [0.05, 0.1) is 11.2 Å². The monoisotopic (exact) mass is 302 g/mol. The van der Waals surface area contributed by atoms with E-state index in [0.717, 1.165) is 41.2 Å². The molecule has 0 aliphatic carbocycles. The number of hydrogen-bond acceptors (Lipinski definition) is 5. The molecule has 1 aliphatic heterocycles. The summed E-state index contributed by atoms with van der Waals surface area (Å²) >= 11 is 1.62. The topological polar surface area (TPSA) is 57.3 Å². The predicted octanol–water partition coefficient (Wildman–Crippen LogP) is 3.11. The van der Waals surface area contributed by atoms with Crippen LogP contribution in [-0.4, -0.2) is 16.2 Å². The third-order valence-electron chi connectivity index (χ3n) is 3.82. The summed E-state index contributed by atoms with van der Waals surface area (Å²) in [6.45, 7) is 0.820. The Bertz CT molecular complexity index is 855. The third kappa shape index (κ3) is 2.11. The summed E-state index contributed by atoms with van der Waals surface area (Å²) in [5.41, 5.74) is 3.24. The van der Waals surface area contributed by atoms with E-state index in [4.69, 9.17) is 9.15 Å². The Morgan fingerprint density at radius 1 is 1.43 bits per heavy atom. The molecule has 4 rings (SSSR count). The summed E-state index contributed by atoms with van der Waals surface area (Å²) in [5.74, 6) is -0.347. The number of thiazole rings is 1. The van der Waals surface area contributed by atoms with Crippen molar-refractivity contribution in [3.63, 3.8) is 0 Å². The summed E-state index contributed by atoms with van der Waals surface area (Å²) in [5, 5.41) is 3.05. The molecular weight excluding hydrogens is 288 g/mol. The van der Waals surface area contributed by atoms with Crippen molar-refractivity contribution in [1.29, 1.82) is 0 Å². The maximum atomic E-state index is 11.5. The van der Waals surface area contributed by atoms with Gasteiger partial charge in [0.15, 0.2) is 5.58 Å². The first kappa shape index (κ1) is 12.8. The Hall–Kier alpha value is -1.92. The van der Waals surface area contributed by atoms with Gasteiger partial charge in [0.25, 0.3) is 0 Å². The highest BCUT2D eigenvalue weighted by atomic mass is 32.1. The number of nitrogens with zero attached hydrogens (tertiary/aromatic N) is 2. The minimum Gasteiger partial charge on any atom is -0.408 e. The summed E-state index contributed by atoms with van der Waals surface area (Å²) in [6.07, 6.45) is 2.28. The van der Waals surface area contributed by atoms with E-state index >= 15 is 0 Å². The fourth-order valence-electron chi connectivity index (χ4n) is 2.63. The van der Waals surface area contributed by atoms with Crippen LogP contribution in [0.5, 0.6) is 0 Å². The Kier molecular flexibility index (Phi) is 2.94. The molecule has 108 valence electrons. The first-order valence-corrected chi connectivity index (χ1v) is 7.77. The largest absolute Gasteiger partial charge is 0.419 e. The maximum absolute atomic E-state index is 11.5. The number of aryl methyl sites for hydroxylation is 1. The molecule has 0 amide bonds. The molecule has 0 saturated carbocycles. The van der Waals surface area contributed by atoms with Crippen LogP contribution in [0.15, 0.2) is 32.8 Å². The molecule has 1 saturated heterocycles. The van der Waals surface area contributed by atoms with Gasteiger partial charge in [-0.25, -0.2) is 9.78 Å². The maximum Gasteiger partial charge on any atom is 0.419 e. The van der Waals surface area contributed by atoms with E-state index in [1.54, 1.807) is 18.4 Å². The summed E-state index contributed by atoms with van der Waals surface area (Å²) in [6, 6.07) is 5.72. The fraction of sp³-hybridized carbons (Fsp3) is 0.333. The van der Waals surface area contributed by atoms with Crippen molar-refractivity contribution >= 4 is 22.4 Å². The second-order valence-corrected chi connectivity index (χ2v) is 6.07. The van der Waals surface area contributed by atoms with Gasteiger partial charge in [-0.2, -0.15) is 0 Å². The van der Waals surface area contributed by atoms with Crippen LogP contribution in [0.2, 0.25) is 0 Å². The van der Waals surface area contributed by atoms with Crippen LogP contribution in [0.25, 0.3) is 22.4 Å². The Morgan fingerprint density at radius 2 is 2.33 bits per heavy atom. The van der Waals surface area contributed by atoms with Crippen LogP contribution in [0, 0.1) is 0 Å². The zero-order valence-corrected chi connectivity index (χ0v) is 12.4. The molecule has 6 heteroatoms. The quantitative estimate of drug-likeness (QED) is 0.730. The number of oxazole rings is 1. The van der Waals surface area contributed by atoms with Crippen LogP contribution in [0.3, 0.4) is 0 Å². The zero-order chi connectivity index (χ0) is 14.4. The summed E-state index contributed by atoms with van der Waals surface area (Å²) in [4.78, 5) is 16.2. The molecular formula is C15H14N2O3S. The van der Waals surface area contributed by atoms with Gasteiger partial charge in [-0.3, -0.25) is 4.57 Å². The Morgan fingerprint density at radius 3 is 3.14 bits per heavy atom. The zero-order valence-electron chi connectivity index (χ0n) is 11.5. The second-order valence-electron chi connectivity index (χ2n) is 5.18. The average Bonchev–Trinajstić information content (AvgIpc) is 3.20. The lowest BCUT2D eigenvalue weighted by molar-refractivity contribution is 0.112. The van der Waals surface area contributed by atoms with Crippen molar-refractivity contribution < 1.29 is 9.15 Å². The molecule has 1 atom stereocenters. The number of rotatable bonds is 2. The molecule has 1 fully saturated rings. The molecule has 21 heavy (non-hydrogen) atoms. The van der Waals surface area contributed by atoms with Crippen LogP contribution in [-0.2, 0) is 11.8 Å². The third-order valence-corrected chi connectivity index (χ3v) is 4.75. The first-order chi connectivity index (χ1) is 10.2. The van der Waals surface area contributed by atoms with Gasteiger partial charge in [0.1, 0.15) is 11.1 Å². The van der Waals surface area contributed by atoms with Crippen molar-refractivity contribution in [3.8, 4) is 11.3 Å². The molecule has 0 N–H and O–H groups in total. The van der Waals surface area contributed by atoms with Crippen molar-refractivity contribution in [2.24, 2.45) is 7.05 Å². The van der Waals surface area contributed by atoms with Crippen LogP contribution < -0.4 is 5.76 Å². The van der Waals surface area contributed by atoms with Crippen molar-refractivity contribution in [1.82, 2.24) is 9.55 Å². The number of ether oxygens (including phenoxy) is 1. The smallest absolute Gasteiger partial charge is 0.408 e. The molecule has 1 unspecified atom stereocenters. The molecule has 3 aromatic rings. The fourth-order valence-corrected chi connectivity index (χ4v) is 3.54. The van der Waals surface area contributed by atoms with Gasteiger partial charge in [-0.1, -0.05) is 6.07 Å². The SMILES string of the molecule is Cn1c(=O)oc2cc(-c3csc(C4CCCO4)n3)ccc21. The van der Waals surface area contributed by atoms with Crippen molar-refractivity contribution in [3.05, 3.63) is 39.1 Å². The van der Waals surface area contributed by atoms with E-state index in [1.807, 2.05) is 23.6 Å². The minimum absolute atomic E-state index is 0.141. The highest BCUT2D eigenvalue weighted by Crippen LogP contribution is 2.33. The molecule has 3 heterocycles. The van der Waals surface area contributed by atoms with E-state index in [2.05, 4.69) is 4.98 Å². The van der Waals surface area contributed by atoms with Crippen LogP contribution in [0.1, 0.15) is 24.0 Å². The molecule has 0 bridgehead atoms. The van der Waals surface area contributed by atoms with E-state index in [-0.39, 0.29) is 11.9 Å². The molecule has 0 radical (unpaired) electrons. The van der Waals surface area contributed by atoms with Gasteiger partial charge in [0, 0.05) is 24.6 Å². The van der Waals surface area contributed by atoms with E-state index in [1.165, 1.54) is 4.57 Å². The average molecular weight is 302 g/mol. The predicted molar refractivity (Wildman–Crippen MR) is 80.5 cm³/mol. The van der Waals surface area contributed by atoms with Crippen molar-refractivity contribution in [2.45, 2.75) is 18.9 Å². The second kappa shape index (κ2) is 4.82. The van der Waals surface area contributed by atoms with Gasteiger partial charge in [-0.15, -0.1) is 11.3 Å². The molecule has 1 aromatic carbocycles. The van der Waals surface area contributed by atoms with Gasteiger partial charge >= 0.3 is 5.76 Å². The Balaban J connectivity index is 1.74. The van der Waals surface area contributed by atoms with Crippen LogP contribution in [0.4, 0.5) is 0 Å². The summed E-state index contributed by atoms with van der Waals surface area (Å²) < 4.78 is 12.4. The summed E-state index contributed by atoms with van der Waals surface area (Å²) in [7, 11) is 1.70. The number of benzene rings is 1. The van der Waals surface area contributed by atoms with Crippen molar-refractivity contribution in [2.75, 3.05) is 6.61 Å². The lowest BCUT2D eigenvalue weighted by Gasteiger charge is -2.03. The van der Waals surface area contributed by atoms with Gasteiger partial charge in [0.2, 0.25) is 0 Å². The molecule has 5 nitrogen and oxygen atoms in total. The highest BCUT2D eigenvalue weighted by Gasteiger charge is 2.21.